The van der Waals surface area contributed by atoms with E-state index in [1.807, 2.05) is 0 Å². The molecule has 4 heteroatoms. The van der Waals surface area contributed by atoms with Crippen molar-refractivity contribution in [2.45, 2.75) is 83.2 Å². The number of alkyl halides is 1. The molecule has 0 radical (unpaired) electrons. The van der Waals surface area contributed by atoms with E-state index in [-0.39, 0.29) is 30.8 Å². The number of halogens is 3. The predicted molar refractivity (Wildman–Crippen MR) is 112 cm³/mol. The fourth-order valence-electron chi connectivity index (χ4n) is 5.44. The van der Waals surface area contributed by atoms with Gasteiger partial charge in [0.05, 0.1) is 6.61 Å². The van der Waals surface area contributed by atoms with Crippen molar-refractivity contribution in [3.05, 3.63) is 42.0 Å². The van der Waals surface area contributed by atoms with E-state index < -0.39 is 17.3 Å². The van der Waals surface area contributed by atoms with Crippen LogP contribution in [0.5, 0.6) is 5.75 Å². The number of benzene rings is 1. The van der Waals surface area contributed by atoms with Crippen molar-refractivity contribution < 1.29 is 17.9 Å². The van der Waals surface area contributed by atoms with Crippen molar-refractivity contribution in [1.29, 1.82) is 0 Å². The van der Waals surface area contributed by atoms with Gasteiger partial charge in [-0.3, -0.25) is 0 Å². The molecule has 0 amide bonds. The SMILES string of the molecule is C=CCCOc1ccc(C2(F)CCC(C3CCC(CCC)CC3)CC2)c(F)c1F. The highest BCUT2D eigenvalue weighted by Crippen LogP contribution is 2.49. The maximum atomic E-state index is 15.6. The molecule has 0 saturated heterocycles. The van der Waals surface area contributed by atoms with Crippen LogP contribution in [0, 0.1) is 29.4 Å². The molecular weight excluding hydrogens is 373 g/mol. The maximum absolute atomic E-state index is 15.6. The van der Waals surface area contributed by atoms with Gasteiger partial charge in [0.15, 0.2) is 11.6 Å². The Balaban J connectivity index is 1.60. The standard InChI is InChI=1S/C25H35F3O/c1-3-5-17-29-22-12-11-21(23(26)24(22)27)25(28)15-13-20(14-16-25)19-9-7-18(6-4-2)8-10-19/h3,11-12,18-20H,1,4-10,13-17H2,2H3. The molecule has 1 aromatic rings. The molecule has 1 aromatic carbocycles. The van der Waals surface area contributed by atoms with Gasteiger partial charge in [-0.15, -0.1) is 6.58 Å². The van der Waals surface area contributed by atoms with E-state index >= 15 is 4.39 Å². The van der Waals surface area contributed by atoms with Gasteiger partial charge in [-0.1, -0.05) is 38.7 Å². The summed E-state index contributed by atoms with van der Waals surface area (Å²) in [5.41, 5.74) is -1.92. The van der Waals surface area contributed by atoms with Gasteiger partial charge < -0.3 is 4.74 Å². The number of ether oxygens (including phenoxy) is 1. The zero-order chi connectivity index (χ0) is 20.9. The van der Waals surface area contributed by atoms with Crippen molar-refractivity contribution in [3.63, 3.8) is 0 Å². The van der Waals surface area contributed by atoms with Crippen LogP contribution in [0.1, 0.15) is 83.1 Å². The van der Waals surface area contributed by atoms with Gasteiger partial charge in [-0.2, -0.15) is 4.39 Å². The van der Waals surface area contributed by atoms with Gasteiger partial charge >= 0.3 is 0 Å². The summed E-state index contributed by atoms with van der Waals surface area (Å²) in [6.45, 7) is 6.04. The lowest BCUT2D eigenvalue weighted by Gasteiger charge is -2.40. The fraction of sp³-hybridized carbons (Fsp3) is 0.680. The van der Waals surface area contributed by atoms with Gasteiger partial charge in [-0.05, 0) is 74.8 Å². The summed E-state index contributed by atoms with van der Waals surface area (Å²) in [6, 6.07) is 2.73. The smallest absolute Gasteiger partial charge is 0.201 e. The van der Waals surface area contributed by atoms with Crippen molar-refractivity contribution in [3.8, 4) is 5.75 Å². The van der Waals surface area contributed by atoms with E-state index in [2.05, 4.69) is 13.5 Å². The third-order valence-corrected chi connectivity index (χ3v) is 7.19. The van der Waals surface area contributed by atoms with Crippen LogP contribution in [0.15, 0.2) is 24.8 Å². The molecule has 0 bridgehead atoms. The highest BCUT2D eigenvalue weighted by molar-refractivity contribution is 5.34. The first-order chi connectivity index (χ1) is 14.0. The Kier molecular flexibility index (Phi) is 7.70. The van der Waals surface area contributed by atoms with Gasteiger partial charge in [0.25, 0.3) is 0 Å². The van der Waals surface area contributed by atoms with E-state index in [0.29, 0.717) is 18.3 Å². The van der Waals surface area contributed by atoms with Gasteiger partial charge in [0.1, 0.15) is 5.67 Å². The largest absolute Gasteiger partial charge is 0.490 e. The van der Waals surface area contributed by atoms with Crippen LogP contribution < -0.4 is 4.74 Å². The highest BCUT2D eigenvalue weighted by atomic mass is 19.2. The second kappa shape index (κ2) is 10.0. The second-order valence-corrected chi connectivity index (χ2v) is 9.04. The summed E-state index contributed by atoms with van der Waals surface area (Å²) in [4.78, 5) is 0. The monoisotopic (exact) mass is 408 g/mol. The Labute approximate surface area is 173 Å². The lowest BCUT2D eigenvalue weighted by Crippen LogP contribution is -2.32. The van der Waals surface area contributed by atoms with Crippen molar-refractivity contribution in [2.75, 3.05) is 6.61 Å². The molecule has 29 heavy (non-hydrogen) atoms. The van der Waals surface area contributed by atoms with Crippen LogP contribution in [0.4, 0.5) is 13.2 Å². The van der Waals surface area contributed by atoms with E-state index in [1.54, 1.807) is 6.08 Å². The lowest BCUT2D eigenvalue weighted by atomic mass is 9.67. The van der Waals surface area contributed by atoms with Gasteiger partial charge in [0, 0.05) is 5.56 Å². The Morgan fingerprint density at radius 3 is 2.31 bits per heavy atom. The van der Waals surface area contributed by atoms with E-state index in [1.165, 1.54) is 50.7 Å². The Morgan fingerprint density at radius 1 is 1.03 bits per heavy atom. The average molecular weight is 409 g/mol. The quantitative estimate of drug-likeness (QED) is 0.314. The first-order valence-electron chi connectivity index (χ1n) is 11.4. The van der Waals surface area contributed by atoms with Gasteiger partial charge in [-0.25, -0.2) is 8.78 Å². The van der Waals surface area contributed by atoms with Crippen molar-refractivity contribution >= 4 is 0 Å². The topological polar surface area (TPSA) is 9.23 Å². The molecule has 0 spiro atoms. The predicted octanol–water partition coefficient (Wildman–Crippen LogP) is 7.88. The van der Waals surface area contributed by atoms with E-state index in [4.69, 9.17) is 4.74 Å². The van der Waals surface area contributed by atoms with Crippen molar-refractivity contribution in [1.82, 2.24) is 0 Å². The molecule has 3 rings (SSSR count). The van der Waals surface area contributed by atoms with Crippen LogP contribution in [-0.2, 0) is 5.67 Å². The minimum Gasteiger partial charge on any atom is -0.490 e. The molecule has 0 N–H and O–H groups in total. The summed E-state index contributed by atoms with van der Waals surface area (Å²) in [6.07, 6.45) is 11.9. The van der Waals surface area contributed by atoms with Crippen LogP contribution in [0.25, 0.3) is 0 Å². The molecular formula is C25H35F3O. The Morgan fingerprint density at radius 2 is 1.69 bits per heavy atom. The van der Waals surface area contributed by atoms with Crippen LogP contribution in [0.3, 0.4) is 0 Å². The molecule has 2 saturated carbocycles. The molecule has 0 aromatic heterocycles. The zero-order valence-corrected chi connectivity index (χ0v) is 17.7. The molecule has 1 nitrogen and oxygen atoms in total. The zero-order valence-electron chi connectivity index (χ0n) is 17.7. The first kappa shape index (κ1) is 22.2. The molecule has 162 valence electrons. The molecule has 0 heterocycles. The molecule has 2 fully saturated rings. The summed E-state index contributed by atoms with van der Waals surface area (Å²) < 4.78 is 49.9. The average Bonchev–Trinajstić information content (AvgIpc) is 2.73. The maximum Gasteiger partial charge on any atom is 0.201 e. The van der Waals surface area contributed by atoms with E-state index in [0.717, 1.165) is 18.8 Å². The third kappa shape index (κ3) is 5.19. The summed E-state index contributed by atoms with van der Waals surface area (Å²) in [5.74, 6) is -0.272. The number of hydrogen-bond donors (Lipinski definition) is 0. The van der Waals surface area contributed by atoms with Crippen LogP contribution in [0.2, 0.25) is 0 Å². The number of hydrogen-bond acceptors (Lipinski definition) is 1. The summed E-state index contributed by atoms with van der Waals surface area (Å²) in [5, 5.41) is 0. The minimum atomic E-state index is -1.78. The minimum absolute atomic E-state index is 0.142. The van der Waals surface area contributed by atoms with Gasteiger partial charge in [0.2, 0.25) is 5.82 Å². The van der Waals surface area contributed by atoms with Crippen LogP contribution in [-0.4, -0.2) is 6.61 Å². The summed E-state index contributed by atoms with van der Waals surface area (Å²) in [7, 11) is 0. The molecule has 2 aliphatic carbocycles. The molecule has 0 aliphatic heterocycles. The van der Waals surface area contributed by atoms with E-state index in [9.17, 15) is 8.78 Å². The number of rotatable bonds is 8. The molecule has 0 unspecified atom stereocenters. The van der Waals surface area contributed by atoms with Crippen molar-refractivity contribution in [2.24, 2.45) is 17.8 Å². The third-order valence-electron chi connectivity index (χ3n) is 7.19. The lowest BCUT2D eigenvalue weighted by molar-refractivity contribution is 0.0487. The second-order valence-electron chi connectivity index (χ2n) is 9.04. The normalized spacial score (nSPS) is 30.1. The highest BCUT2D eigenvalue weighted by Gasteiger charge is 2.42. The Hall–Kier alpha value is -1.45. The Bertz CT molecular complexity index is 671. The fourth-order valence-corrected chi connectivity index (χ4v) is 5.44. The molecule has 0 atom stereocenters. The first-order valence-corrected chi connectivity index (χ1v) is 11.4. The molecule has 2 aliphatic rings. The summed E-state index contributed by atoms with van der Waals surface area (Å²) >= 11 is 0. The van der Waals surface area contributed by atoms with Crippen LogP contribution >= 0.6 is 0 Å².